The van der Waals surface area contributed by atoms with Crippen molar-refractivity contribution in [1.29, 1.82) is 5.26 Å². The molecule has 0 spiro atoms. The topological polar surface area (TPSA) is 91.2 Å². The molecule has 0 bridgehead atoms. The van der Waals surface area contributed by atoms with E-state index in [-0.39, 0.29) is 18.4 Å². The fraction of sp³-hybridized carbons (Fsp3) is 0.174. The van der Waals surface area contributed by atoms with E-state index in [0.29, 0.717) is 32.6 Å². The highest BCUT2D eigenvalue weighted by molar-refractivity contribution is 7.16. The number of halogens is 1. The molecule has 3 aromatic rings. The number of fused-ring (bicyclic) bond motifs is 1. The fourth-order valence-corrected chi connectivity index (χ4v) is 4.74. The van der Waals surface area contributed by atoms with Crippen molar-refractivity contribution < 1.29 is 14.3 Å². The summed E-state index contributed by atoms with van der Waals surface area (Å²) in [5, 5.41) is 16.2. The lowest BCUT2D eigenvalue weighted by Crippen LogP contribution is -2.20. The number of nitrogens with one attached hydrogen (secondary N) is 2. The molecule has 6 nitrogen and oxygen atoms in total. The van der Waals surface area contributed by atoms with Crippen molar-refractivity contribution in [2.75, 3.05) is 17.2 Å². The lowest BCUT2D eigenvalue weighted by molar-refractivity contribution is -0.118. The van der Waals surface area contributed by atoms with E-state index < -0.39 is 0 Å². The first kappa shape index (κ1) is 20.9. The van der Waals surface area contributed by atoms with E-state index in [9.17, 15) is 14.9 Å². The van der Waals surface area contributed by atoms with Crippen molar-refractivity contribution >= 4 is 45.4 Å². The number of hydrogen-bond donors (Lipinski definition) is 2. The SMILES string of the molecule is N#Cc1c(NC(=O)COc2ccc(C(=O)Nc3ccc(Cl)cc3)cc2)sc2c1CCC2. The van der Waals surface area contributed by atoms with E-state index in [0.717, 1.165) is 24.8 Å². The average molecular weight is 452 g/mol. The Morgan fingerprint density at radius 1 is 1.06 bits per heavy atom. The third-order valence-electron chi connectivity index (χ3n) is 4.87. The molecule has 2 aromatic carbocycles. The van der Waals surface area contributed by atoms with E-state index >= 15 is 0 Å². The van der Waals surface area contributed by atoms with Crippen molar-refractivity contribution in [3.05, 3.63) is 75.1 Å². The number of amides is 2. The maximum atomic E-state index is 12.3. The minimum absolute atomic E-state index is 0.191. The first-order valence-corrected chi connectivity index (χ1v) is 10.9. The van der Waals surface area contributed by atoms with Gasteiger partial charge in [-0.05, 0) is 73.4 Å². The zero-order valence-corrected chi connectivity index (χ0v) is 18.0. The van der Waals surface area contributed by atoms with Gasteiger partial charge < -0.3 is 15.4 Å². The zero-order chi connectivity index (χ0) is 21.8. The highest BCUT2D eigenvalue weighted by atomic mass is 35.5. The van der Waals surface area contributed by atoms with Crippen LogP contribution in [0.15, 0.2) is 48.5 Å². The van der Waals surface area contributed by atoms with E-state index in [1.807, 2.05) is 0 Å². The molecule has 1 aromatic heterocycles. The normalized spacial score (nSPS) is 12.0. The highest BCUT2D eigenvalue weighted by Crippen LogP contribution is 2.38. The van der Waals surface area contributed by atoms with Gasteiger partial charge in [0.2, 0.25) is 0 Å². The largest absolute Gasteiger partial charge is 0.484 e. The third-order valence-corrected chi connectivity index (χ3v) is 6.33. The van der Waals surface area contributed by atoms with Gasteiger partial charge in [0, 0.05) is 21.2 Å². The minimum Gasteiger partial charge on any atom is -0.484 e. The zero-order valence-electron chi connectivity index (χ0n) is 16.4. The smallest absolute Gasteiger partial charge is 0.262 e. The molecule has 0 saturated heterocycles. The predicted molar refractivity (Wildman–Crippen MR) is 121 cm³/mol. The molecule has 0 fully saturated rings. The Morgan fingerprint density at radius 3 is 2.52 bits per heavy atom. The van der Waals surface area contributed by atoms with Crippen LogP contribution >= 0.6 is 22.9 Å². The Hall–Kier alpha value is -3.34. The Balaban J connectivity index is 1.31. The Kier molecular flexibility index (Phi) is 6.21. The van der Waals surface area contributed by atoms with Crippen molar-refractivity contribution in [3.8, 4) is 11.8 Å². The summed E-state index contributed by atoms with van der Waals surface area (Å²) in [6, 6.07) is 15.5. The molecule has 1 aliphatic rings. The molecule has 4 rings (SSSR count). The molecule has 0 atom stereocenters. The molecule has 0 unspecified atom stereocenters. The van der Waals surface area contributed by atoms with Crippen LogP contribution in [0.3, 0.4) is 0 Å². The lowest BCUT2D eigenvalue weighted by atomic mass is 10.1. The fourth-order valence-electron chi connectivity index (χ4n) is 3.36. The van der Waals surface area contributed by atoms with Crippen LogP contribution in [0.2, 0.25) is 5.02 Å². The van der Waals surface area contributed by atoms with Crippen LogP contribution in [0.1, 0.15) is 32.8 Å². The number of nitrogens with zero attached hydrogens (tertiary/aromatic N) is 1. The molecule has 0 aliphatic heterocycles. The summed E-state index contributed by atoms with van der Waals surface area (Å²) in [5.41, 5.74) is 2.74. The van der Waals surface area contributed by atoms with Crippen molar-refractivity contribution in [3.63, 3.8) is 0 Å². The van der Waals surface area contributed by atoms with Gasteiger partial charge in [0.05, 0.1) is 5.56 Å². The minimum atomic E-state index is -0.332. The number of anilines is 2. The van der Waals surface area contributed by atoms with Crippen LogP contribution in [-0.4, -0.2) is 18.4 Å². The quantitative estimate of drug-likeness (QED) is 0.549. The molecule has 1 aliphatic carbocycles. The monoisotopic (exact) mass is 451 g/mol. The second kappa shape index (κ2) is 9.21. The maximum absolute atomic E-state index is 12.3. The highest BCUT2D eigenvalue weighted by Gasteiger charge is 2.23. The van der Waals surface area contributed by atoms with Gasteiger partial charge in [-0.25, -0.2) is 0 Å². The molecule has 0 radical (unpaired) electrons. The number of nitriles is 1. The molecule has 156 valence electrons. The molecular formula is C23H18ClN3O3S. The Bertz CT molecular complexity index is 1160. The molecule has 31 heavy (non-hydrogen) atoms. The Labute approximate surface area is 188 Å². The maximum Gasteiger partial charge on any atom is 0.262 e. The summed E-state index contributed by atoms with van der Waals surface area (Å²) in [5.74, 6) is -0.130. The standard InChI is InChI=1S/C23H18ClN3O3S/c24-15-6-8-16(9-7-15)26-22(29)14-4-10-17(11-5-14)30-13-21(28)27-23-19(12-25)18-2-1-3-20(18)31-23/h4-11H,1-3,13H2,(H,26,29)(H,27,28). The number of ether oxygens (including phenoxy) is 1. The number of hydrogen-bond acceptors (Lipinski definition) is 5. The molecule has 2 amide bonds. The van der Waals surface area contributed by atoms with Gasteiger partial charge in [-0.2, -0.15) is 5.26 Å². The van der Waals surface area contributed by atoms with Gasteiger partial charge in [-0.1, -0.05) is 11.6 Å². The average Bonchev–Trinajstić information content (AvgIpc) is 3.35. The first-order chi connectivity index (χ1) is 15.0. The number of carbonyl (C=O) groups excluding carboxylic acids is 2. The van der Waals surface area contributed by atoms with Gasteiger partial charge in [0.15, 0.2) is 6.61 Å². The number of benzene rings is 2. The summed E-state index contributed by atoms with van der Waals surface area (Å²) in [6.07, 6.45) is 2.90. The molecular weight excluding hydrogens is 434 g/mol. The molecule has 8 heteroatoms. The van der Waals surface area contributed by atoms with Crippen LogP contribution in [0.25, 0.3) is 0 Å². The van der Waals surface area contributed by atoms with Gasteiger partial charge in [0.25, 0.3) is 11.8 Å². The van der Waals surface area contributed by atoms with E-state index in [2.05, 4.69) is 16.7 Å². The number of carbonyl (C=O) groups is 2. The van der Waals surface area contributed by atoms with Crippen LogP contribution in [0, 0.1) is 11.3 Å². The van der Waals surface area contributed by atoms with Gasteiger partial charge in [-0.3, -0.25) is 9.59 Å². The first-order valence-electron chi connectivity index (χ1n) is 9.68. The summed E-state index contributed by atoms with van der Waals surface area (Å²) >= 11 is 7.31. The number of rotatable bonds is 6. The summed E-state index contributed by atoms with van der Waals surface area (Å²) in [7, 11) is 0. The van der Waals surface area contributed by atoms with Gasteiger partial charge in [0.1, 0.15) is 16.8 Å². The molecule has 1 heterocycles. The molecule has 2 N–H and O–H groups in total. The summed E-state index contributed by atoms with van der Waals surface area (Å²) in [4.78, 5) is 25.8. The van der Waals surface area contributed by atoms with E-state index in [1.165, 1.54) is 16.2 Å². The van der Waals surface area contributed by atoms with Gasteiger partial charge in [-0.15, -0.1) is 11.3 Å². The summed E-state index contributed by atoms with van der Waals surface area (Å²) < 4.78 is 5.52. The van der Waals surface area contributed by atoms with E-state index in [1.54, 1.807) is 48.5 Å². The van der Waals surface area contributed by atoms with Crippen molar-refractivity contribution in [2.24, 2.45) is 0 Å². The Morgan fingerprint density at radius 2 is 1.81 bits per heavy atom. The lowest BCUT2D eigenvalue weighted by Gasteiger charge is -2.08. The van der Waals surface area contributed by atoms with Crippen molar-refractivity contribution in [1.82, 2.24) is 0 Å². The number of thiophene rings is 1. The second-order valence-corrected chi connectivity index (χ2v) is 8.54. The summed E-state index contributed by atoms with van der Waals surface area (Å²) in [6.45, 7) is -0.191. The second-order valence-electron chi connectivity index (χ2n) is 7.00. The van der Waals surface area contributed by atoms with Crippen molar-refractivity contribution in [2.45, 2.75) is 19.3 Å². The number of aryl methyl sites for hydroxylation is 1. The van der Waals surface area contributed by atoms with Gasteiger partial charge >= 0.3 is 0 Å². The molecule has 0 saturated carbocycles. The third kappa shape index (κ3) is 4.88. The predicted octanol–water partition coefficient (Wildman–Crippen LogP) is 5.03. The van der Waals surface area contributed by atoms with E-state index in [4.69, 9.17) is 16.3 Å². The van der Waals surface area contributed by atoms with Crippen LogP contribution in [0.4, 0.5) is 10.7 Å². The van der Waals surface area contributed by atoms with Crippen LogP contribution in [-0.2, 0) is 17.6 Å². The van der Waals surface area contributed by atoms with Crippen LogP contribution < -0.4 is 15.4 Å². The van der Waals surface area contributed by atoms with Crippen LogP contribution in [0.5, 0.6) is 5.75 Å².